The Morgan fingerprint density at radius 1 is 0.778 bits per heavy atom. The van der Waals surface area contributed by atoms with Crippen LogP contribution >= 0.6 is 0 Å². The summed E-state index contributed by atoms with van der Waals surface area (Å²) in [6, 6.07) is 0. The van der Waals surface area contributed by atoms with Gasteiger partial charge in [0.2, 0.25) is 0 Å². The molecule has 0 spiro atoms. The molecule has 0 saturated carbocycles. The van der Waals surface area contributed by atoms with E-state index in [2.05, 4.69) is 24.3 Å². The Morgan fingerprint density at radius 3 is 1.67 bits per heavy atom. The van der Waals surface area contributed by atoms with E-state index in [1.807, 2.05) is 0 Å². The molecule has 0 unspecified atom stereocenters. The minimum atomic E-state index is 0. The third-order valence-electron chi connectivity index (χ3n) is 1.37. The van der Waals surface area contributed by atoms with Crippen LogP contribution in [-0.4, -0.2) is 0 Å². The fraction of sp³-hybridized carbons (Fsp3) is 0.500. The molecular formula is C8H12Rh. The van der Waals surface area contributed by atoms with Gasteiger partial charge in [-0.1, -0.05) is 24.3 Å². The Kier molecular flexibility index (Phi) is 6.30. The number of allylic oxidation sites excluding steroid dienone is 4. The van der Waals surface area contributed by atoms with Gasteiger partial charge in [-0.15, -0.1) is 0 Å². The zero-order valence-corrected chi connectivity index (χ0v) is 7.11. The molecule has 0 bridgehead atoms. The van der Waals surface area contributed by atoms with Crippen LogP contribution in [0.25, 0.3) is 0 Å². The molecule has 0 aromatic heterocycles. The normalized spacial score (nSPS) is 17.8. The van der Waals surface area contributed by atoms with E-state index in [9.17, 15) is 0 Å². The van der Waals surface area contributed by atoms with Gasteiger partial charge in [0.15, 0.2) is 0 Å². The van der Waals surface area contributed by atoms with E-state index < -0.39 is 0 Å². The van der Waals surface area contributed by atoms with Crippen LogP contribution in [0.1, 0.15) is 25.7 Å². The van der Waals surface area contributed by atoms with E-state index >= 15 is 0 Å². The van der Waals surface area contributed by atoms with Gasteiger partial charge in [0, 0.05) is 19.5 Å². The van der Waals surface area contributed by atoms with Crippen molar-refractivity contribution < 1.29 is 19.5 Å². The van der Waals surface area contributed by atoms with Crippen LogP contribution < -0.4 is 0 Å². The van der Waals surface area contributed by atoms with Crippen LogP contribution in [0.15, 0.2) is 24.3 Å². The summed E-state index contributed by atoms with van der Waals surface area (Å²) in [4.78, 5) is 0. The molecular weight excluding hydrogens is 199 g/mol. The van der Waals surface area contributed by atoms with Crippen molar-refractivity contribution in [1.82, 2.24) is 0 Å². The standard InChI is InChI=1S/C8H12.Rh/c1-2-4-6-8-7-5-3-1;/h1-4H,5-8H2;. The SMILES string of the molecule is C1=CCCCCC=C1.[Rh]. The zero-order valence-electron chi connectivity index (χ0n) is 5.47. The van der Waals surface area contributed by atoms with Gasteiger partial charge in [0.1, 0.15) is 0 Å². The Morgan fingerprint density at radius 2 is 1.22 bits per heavy atom. The Balaban J connectivity index is 0.000000640. The molecule has 0 fully saturated rings. The van der Waals surface area contributed by atoms with Crippen molar-refractivity contribution in [1.29, 1.82) is 0 Å². The van der Waals surface area contributed by atoms with Crippen LogP contribution in [0, 0.1) is 0 Å². The predicted molar refractivity (Wildman–Crippen MR) is 36.7 cm³/mol. The fourth-order valence-corrected chi connectivity index (χ4v) is 0.874. The van der Waals surface area contributed by atoms with E-state index in [0.29, 0.717) is 0 Å². The molecule has 0 saturated heterocycles. The first kappa shape index (κ1) is 9.10. The van der Waals surface area contributed by atoms with E-state index in [-0.39, 0.29) is 19.5 Å². The minimum absolute atomic E-state index is 0. The molecule has 0 atom stereocenters. The Bertz CT molecular complexity index is 89.1. The summed E-state index contributed by atoms with van der Waals surface area (Å²) in [6.07, 6.45) is 14.0. The van der Waals surface area contributed by atoms with Crippen molar-refractivity contribution in [3.05, 3.63) is 24.3 Å². The second-order valence-corrected chi connectivity index (χ2v) is 2.14. The van der Waals surface area contributed by atoms with Crippen LogP contribution in [0.4, 0.5) is 0 Å². The Hall–Kier alpha value is 0.103. The maximum Gasteiger partial charge on any atom is 0 e. The largest absolute Gasteiger partial charge is 0.0845 e. The average Bonchev–Trinajstić information content (AvgIpc) is 1.62. The molecule has 1 aliphatic rings. The molecule has 0 aromatic carbocycles. The van der Waals surface area contributed by atoms with Gasteiger partial charge in [-0.25, -0.2) is 0 Å². The predicted octanol–water partition coefficient (Wildman–Crippen LogP) is 2.67. The van der Waals surface area contributed by atoms with Gasteiger partial charge in [-0.3, -0.25) is 0 Å². The van der Waals surface area contributed by atoms with Crippen molar-refractivity contribution in [2.75, 3.05) is 0 Å². The van der Waals surface area contributed by atoms with Crippen molar-refractivity contribution in [3.8, 4) is 0 Å². The summed E-state index contributed by atoms with van der Waals surface area (Å²) in [5.41, 5.74) is 0. The van der Waals surface area contributed by atoms with E-state index in [4.69, 9.17) is 0 Å². The van der Waals surface area contributed by atoms with Gasteiger partial charge >= 0.3 is 0 Å². The summed E-state index contributed by atoms with van der Waals surface area (Å²) in [6.45, 7) is 0. The quantitative estimate of drug-likeness (QED) is 0.540. The number of hydrogen-bond donors (Lipinski definition) is 0. The zero-order chi connectivity index (χ0) is 5.66. The van der Waals surface area contributed by atoms with Crippen molar-refractivity contribution in [3.63, 3.8) is 0 Å². The summed E-state index contributed by atoms with van der Waals surface area (Å²) in [7, 11) is 0. The first-order valence-corrected chi connectivity index (χ1v) is 3.32. The molecule has 1 heteroatoms. The van der Waals surface area contributed by atoms with Gasteiger partial charge in [0.25, 0.3) is 0 Å². The van der Waals surface area contributed by atoms with Gasteiger partial charge < -0.3 is 0 Å². The molecule has 0 nitrogen and oxygen atoms in total. The molecule has 0 aromatic rings. The van der Waals surface area contributed by atoms with Crippen LogP contribution in [-0.2, 0) is 19.5 Å². The smallest absolute Gasteiger partial charge is 0 e. The van der Waals surface area contributed by atoms with Crippen LogP contribution in [0.2, 0.25) is 0 Å². The maximum absolute atomic E-state index is 2.23. The second kappa shape index (κ2) is 6.23. The summed E-state index contributed by atoms with van der Waals surface area (Å²) < 4.78 is 0. The first-order valence-electron chi connectivity index (χ1n) is 3.32. The van der Waals surface area contributed by atoms with E-state index in [1.165, 1.54) is 25.7 Å². The molecule has 1 radical (unpaired) electrons. The minimum Gasteiger partial charge on any atom is -0.0845 e. The number of rotatable bonds is 0. The Labute approximate surface area is 69.8 Å². The molecule has 0 heterocycles. The molecule has 9 heavy (non-hydrogen) atoms. The molecule has 0 aliphatic heterocycles. The van der Waals surface area contributed by atoms with Crippen molar-refractivity contribution in [2.45, 2.75) is 25.7 Å². The van der Waals surface area contributed by atoms with Crippen molar-refractivity contribution in [2.24, 2.45) is 0 Å². The summed E-state index contributed by atoms with van der Waals surface area (Å²) >= 11 is 0. The van der Waals surface area contributed by atoms with Crippen LogP contribution in [0.5, 0.6) is 0 Å². The fourth-order valence-electron chi connectivity index (χ4n) is 0.874. The van der Waals surface area contributed by atoms with Gasteiger partial charge in [-0.2, -0.15) is 0 Å². The average molecular weight is 211 g/mol. The molecule has 1 aliphatic carbocycles. The van der Waals surface area contributed by atoms with Crippen LogP contribution in [0.3, 0.4) is 0 Å². The van der Waals surface area contributed by atoms with E-state index in [1.54, 1.807) is 0 Å². The van der Waals surface area contributed by atoms with E-state index in [0.717, 1.165) is 0 Å². The molecule has 1 rings (SSSR count). The second-order valence-electron chi connectivity index (χ2n) is 2.14. The first-order chi connectivity index (χ1) is 4.00. The summed E-state index contributed by atoms with van der Waals surface area (Å²) in [5.74, 6) is 0. The third-order valence-corrected chi connectivity index (χ3v) is 1.37. The number of hydrogen-bond acceptors (Lipinski definition) is 0. The van der Waals surface area contributed by atoms with Gasteiger partial charge in [0.05, 0.1) is 0 Å². The third kappa shape index (κ3) is 4.60. The molecule has 53 valence electrons. The molecule has 0 amide bonds. The summed E-state index contributed by atoms with van der Waals surface area (Å²) in [5, 5.41) is 0. The van der Waals surface area contributed by atoms with Crippen molar-refractivity contribution >= 4 is 0 Å². The topological polar surface area (TPSA) is 0 Å². The van der Waals surface area contributed by atoms with Gasteiger partial charge in [-0.05, 0) is 25.7 Å². The monoisotopic (exact) mass is 211 g/mol. The molecule has 0 N–H and O–H groups in total. The maximum atomic E-state index is 2.23.